The maximum atomic E-state index is 8.00. The van der Waals surface area contributed by atoms with E-state index in [2.05, 4.69) is 177 Å². The van der Waals surface area contributed by atoms with Crippen LogP contribution in [0.1, 0.15) is 0 Å². The molecule has 0 fully saturated rings. The first-order chi connectivity index (χ1) is 30.2. The van der Waals surface area contributed by atoms with Crippen molar-refractivity contribution in [2.45, 2.75) is 0 Å². The highest BCUT2D eigenvalue weighted by atomic mass is 15.0. The molecule has 4 nitrogen and oxygen atoms in total. The second-order valence-electron chi connectivity index (χ2n) is 15.7. The van der Waals surface area contributed by atoms with Gasteiger partial charge in [-0.05, 0) is 143 Å². The number of nitrogens with zero attached hydrogens (tertiary/aromatic N) is 4. The Morgan fingerprint density at radius 2 is 0.852 bits per heavy atom. The van der Waals surface area contributed by atoms with Gasteiger partial charge in [0.15, 0.2) is 5.69 Å². The molecule has 0 unspecified atom stereocenters. The molecule has 0 spiro atoms. The number of fused-ring (bicyclic) bond motifs is 7. The summed E-state index contributed by atoms with van der Waals surface area (Å²) in [7, 11) is 0. The van der Waals surface area contributed by atoms with E-state index in [9.17, 15) is 0 Å². The average molecular weight is 775 g/mol. The zero-order chi connectivity index (χ0) is 40.4. The van der Waals surface area contributed by atoms with Crippen LogP contribution in [-0.4, -0.2) is 14.5 Å². The highest BCUT2D eigenvalue weighted by Gasteiger charge is 2.22. The van der Waals surface area contributed by atoms with Crippen LogP contribution >= 0.6 is 0 Å². The van der Waals surface area contributed by atoms with Crippen LogP contribution in [-0.2, 0) is 0 Å². The van der Waals surface area contributed by atoms with E-state index in [-0.39, 0.29) is 0 Å². The Morgan fingerprint density at radius 3 is 1.39 bits per heavy atom. The fraction of sp³-hybridized carbons (Fsp3) is 0. The van der Waals surface area contributed by atoms with Crippen LogP contribution in [0.15, 0.2) is 207 Å². The zero-order valence-electron chi connectivity index (χ0n) is 32.9. The van der Waals surface area contributed by atoms with E-state index in [0.29, 0.717) is 5.69 Å². The van der Waals surface area contributed by atoms with Gasteiger partial charge < -0.3 is 4.57 Å². The first-order valence-corrected chi connectivity index (χ1v) is 20.5. The fourth-order valence-electron chi connectivity index (χ4n) is 9.65. The summed E-state index contributed by atoms with van der Waals surface area (Å²) < 4.78 is 2.34. The largest absolute Gasteiger partial charge is 0.309 e. The Hall–Kier alpha value is -8.39. The molecule has 9 aromatic carbocycles. The second-order valence-corrected chi connectivity index (χ2v) is 15.7. The Labute approximate surface area is 352 Å². The molecule has 0 saturated heterocycles. The van der Waals surface area contributed by atoms with Crippen LogP contribution in [0.3, 0.4) is 0 Å². The van der Waals surface area contributed by atoms with Crippen molar-refractivity contribution in [3.8, 4) is 50.2 Å². The van der Waals surface area contributed by atoms with Crippen molar-refractivity contribution in [2.24, 2.45) is 0 Å². The van der Waals surface area contributed by atoms with E-state index in [1.54, 1.807) is 12.4 Å². The lowest BCUT2D eigenvalue weighted by Crippen LogP contribution is -1.96. The average Bonchev–Trinajstić information content (AvgIpc) is 3.66. The molecule has 0 N–H and O–H groups in total. The van der Waals surface area contributed by atoms with Crippen molar-refractivity contribution < 1.29 is 0 Å². The topological polar surface area (TPSA) is 35.1 Å². The minimum atomic E-state index is 0.611. The Balaban J connectivity index is 1.15. The predicted octanol–water partition coefficient (Wildman–Crippen LogP) is 15.4. The molecule has 12 aromatic rings. The van der Waals surface area contributed by atoms with Crippen molar-refractivity contribution in [3.63, 3.8) is 0 Å². The summed E-state index contributed by atoms with van der Waals surface area (Å²) in [5.74, 6) is 0. The Kier molecular flexibility index (Phi) is 7.88. The van der Waals surface area contributed by atoms with E-state index >= 15 is 0 Å². The lowest BCUT2D eigenvalue weighted by atomic mass is 9.83. The summed E-state index contributed by atoms with van der Waals surface area (Å²) in [4.78, 5) is 12.8. The van der Waals surface area contributed by atoms with Gasteiger partial charge in [-0.2, -0.15) is 0 Å². The van der Waals surface area contributed by atoms with Crippen molar-refractivity contribution in [2.75, 3.05) is 0 Å². The van der Waals surface area contributed by atoms with Gasteiger partial charge in [0.05, 0.1) is 17.6 Å². The van der Waals surface area contributed by atoms with Crippen molar-refractivity contribution in [1.29, 1.82) is 0 Å². The molecule has 0 aliphatic rings. The molecule has 0 atom stereocenters. The molecule has 61 heavy (non-hydrogen) atoms. The Bertz CT molecular complexity index is 3600. The number of rotatable bonds is 5. The molecule has 3 aromatic heterocycles. The molecule has 12 rings (SSSR count). The molecule has 0 saturated carbocycles. The Morgan fingerprint density at radius 1 is 0.361 bits per heavy atom. The highest BCUT2D eigenvalue weighted by Crippen LogP contribution is 2.48. The first kappa shape index (κ1) is 34.6. The number of hydrogen-bond donors (Lipinski definition) is 0. The zero-order valence-corrected chi connectivity index (χ0v) is 32.9. The predicted molar refractivity (Wildman–Crippen MR) is 254 cm³/mol. The number of pyridine rings is 2. The maximum absolute atomic E-state index is 8.00. The van der Waals surface area contributed by atoms with Crippen molar-refractivity contribution in [3.05, 3.63) is 218 Å². The molecule has 0 aliphatic carbocycles. The van der Waals surface area contributed by atoms with Gasteiger partial charge in [-0.1, -0.05) is 121 Å². The van der Waals surface area contributed by atoms with Crippen LogP contribution in [0.4, 0.5) is 5.69 Å². The molecular weight excluding hydrogens is 741 g/mol. The molecule has 0 amide bonds. The minimum Gasteiger partial charge on any atom is -0.309 e. The van der Waals surface area contributed by atoms with E-state index in [1.807, 2.05) is 36.7 Å². The van der Waals surface area contributed by atoms with E-state index in [4.69, 9.17) is 6.57 Å². The molecule has 0 radical (unpaired) electrons. The first-order valence-electron chi connectivity index (χ1n) is 20.5. The van der Waals surface area contributed by atoms with E-state index in [0.717, 1.165) is 55.3 Å². The van der Waals surface area contributed by atoms with Crippen LogP contribution in [0.2, 0.25) is 0 Å². The summed E-state index contributed by atoms with van der Waals surface area (Å²) in [6, 6.07) is 65.4. The minimum absolute atomic E-state index is 0.611. The summed E-state index contributed by atoms with van der Waals surface area (Å²) in [5.41, 5.74) is 12.8. The molecule has 282 valence electrons. The van der Waals surface area contributed by atoms with Gasteiger partial charge in [0.25, 0.3) is 0 Å². The second kappa shape index (κ2) is 13.9. The number of benzene rings is 9. The quantitative estimate of drug-likeness (QED) is 0.129. The standard InChI is InChI=1S/C57H34N4/c1-58-43-23-25-54-52(33-43)51-32-38(22-24-53(51)61(54)44-30-41(39-14-10-26-59-34-39)29-42(31-44)40-15-11-27-60-35-40)55-47-18-6-8-20-49(47)57(50-21-9-7-19-48(50)55)56-45-16-4-2-12-36(45)28-37-13-3-5-17-46(37)56/h2-35H. The number of hydrogen-bond acceptors (Lipinski definition) is 2. The van der Waals surface area contributed by atoms with Gasteiger partial charge in [0, 0.05) is 47.0 Å². The van der Waals surface area contributed by atoms with E-state index in [1.165, 1.54) is 59.8 Å². The molecular formula is C57H34N4. The molecule has 4 heteroatoms. The maximum Gasteiger partial charge on any atom is 0.188 e. The monoisotopic (exact) mass is 774 g/mol. The van der Waals surface area contributed by atoms with E-state index < -0.39 is 0 Å². The van der Waals surface area contributed by atoms with Gasteiger partial charge in [-0.15, -0.1) is 0 Å². The van der Waals surface area contributed by atoms with Crippen LogP contribution < -0.4 is 0 Å². The van der Waals surface area contributed by atoms with Crippen molar-refractivity contribution in [1.82, 2.24) is 14.5 Å². The summed E-state index contributed by atoms with van der Waals surface area (Å²) >= 11 is 0. The van der Waals surface area contributed by atoms with Gasteiger partial charge >= 0.3 is 0 Å². The third-order valence-electron chi connectivity index (χ3n) is 12.3. The van der Waals surface area contributed by atoms with Crippen molar-refractivity contribution >= 4 is 70.6 Å². The molecule has 3 heterocycles. The third kappa shape index (κ3) is 5.53. The van der Waals surface area contributed by atoms with Gasteiger partial charge in [-0.3, -0.25) is 9.97 Å². The lowest BCUT2D eigenvalue weighted by molar-refractivity contribution is 1.18. The molecule has 0 bridgehead atoms. The van der Waals surface area contributed by atoms with Gasteiger partial charge in [-0.25, -0.2) is 4.85 Å². The SMILES string of the molecule is [C-]#[N+]c1ccc2c(c1)c1cc(-c3c4ccccc4c(-c4c5ccccc5cc5ccccc45)c4ccccc34)ccc1n2-c1cc(-c2cccnc2)cc(-c2cccnc2)c1. The summed E-state index contributed by atoms with van der Waals surface area (Å²) in [6.07, 6.45) is 7.44. The van der Waals surface area contributed by atoms with Gasteiger partial charge in [0.2, 0.25) is 0 Å². The van der Waals surface area contributed by atoms with Gasteiger partial charge in [0.1, 0.15) is 0 Å². The summed E-state index contributed by atoms with van der Waals surface area (Å²) in [6.45, 7) is 8.00. The third-order valence-corrected chi connectivity index (χ3v) is 12.3. The summed E-state index contributed by atoms with van der Waals surface area (Å²) in [5, 5.41) is 11.9. The smallest absolute Gasteiger partial charge is 0.188 e. The lowest BCUT2D eigenvalue weighted by Gasteiger charge is -2.20. The van der Waals surface area contributed by atoms with Crippen LogP contribution in [0.25, 0.3) is 120 Å². The van der Waals surface area contributed by atoms with Crippen LogP contribution in [0, 0.1) is 6.57 Å². The van der Waals surface area contributed by atoms with Crippen LogP contribution in [0.5, 0.6) is 0 Å². The molecule has 0 aliphatic heterocycles. The fourth-order valence-corrected chi connectivity index (χ4v) is 9.65. The number of aromatic nitrogens is 3. The highest BCUT2D eigenvalue weighted by molar-refractivity contribution is 6.27. The normalized spacial score (nSPS) is 11.6.